The quantitative estimate of drug-likeness (QED) is 0.555. The molecule has 0 aliphatic heterocycles. The molecule has 0 N–H and O–H groups in total. The molecule has 1 aromatic heterocycles. The summed E-state index contributed by atoms with van der Waals surface area (Å²) >= 11 is 0. The van der Waals surface area contributed by atoms with Crippen LogP contribution in [0.4, 0.5) is 0 Å². The molecular formula is C7H10N4. The highest BCUT2D eigenvalue weighted by Crippen LogP contribution is 1.84. The number of aryl methyl sites for hydroxylation is 1. The van der Waals surface area contributed by atoms with Crippen molar-refractivity contribution in [1.82, 2.24) is 15.0 Å². The summed E-state index contributed by atoms with van der Waals surface area (Å²) in [6.07, 6.45) is 1.32. The minimum absolute atomic E-state index is 0.169. The van der Waals surface area contributed by atoms with Crippen LogP contribution in [-0.4, -0.2) is 15.0 Å². The van der Waals surface area contributed by atoms with E-state index in [0.717, 1.165) is 0 Å². The van der Waals surface area contributed by atoms with Crippen LogP contribution in [0, 0.1) is 18.3 Å². The van der Waals surface area contributed by atoms with Crippen LogP contribution in [0.15, 0.2) is 6.33 Å². The average Bonchev–Trinajstić information content (AvgIpc) is 2.08. The Hall–Kier alpha value is -1.50. The Morgan fingerprint density at radius 3 is 2.36 bits per heavy atom. The Morgan fingerprint density at radius 1 is 1.36 bits per heavy atom. The van der Waals surface area contributed by atoms with E-state index >= 15 is 0 Å². The van der Waals surface area contributed by atoms with Crippen LogP contribution in [0.5, 0.6) is 0 Å². The first-order valence-corrected chi connectivity index (χ1v) is 3.38. The molecule has 0 fully saturated rings. The van der Waals surface area contributed by atoms with E-state index in [4.69, 9.17) is 5.26 Å². The lowest BCUT2D eigenvalue weighted by atomic mass is 10.6. The fraction of sp³-hybridized carbons (Fsp3) is 0.429. The zero-order valence-corrected chi connectivity index (χ0v) is 6.87. The number of nitrogens with zero attached hydrogens (tertiary/aromatic N) is 4. The van der Waals surface area contributed by atoms with E-state index in [1.165, 1.54) is 6.33 Å². The Kier molecular flexibility index (Phi) is 4.58. The third-order valence-corrected chi connectivity index (χ3v) is 0.792. The van der Waals surface area contributed by atoms with Gasteiger partial charge < -0.3 is 0 Å². The highest BCUT2D eigenvalue weighted by molar-refractivity contribution is 5.07. The second-order valence-corrected chi connectivity index (χ2v) is 1.47. The second-order valence-electron chi connectivity index (χ2n) is 1.47. The van der Waals surface area contributed by atoms with Gasteiger partial charge in [0.25, 0.3) is 0 Å². The van der Waals surface area contributed by atoms with Crippen LogP contribution in [0.25, 0.3) is 0 Å². The molecule has 0 amide bonds. The van der Waals surface area contributed by atoms with E-state index < -0.39 is 0 Å². The molecule has 0 saturated heterocycles. The summed E-state index contributed by atoms with van der Waals surface area (Å²) < 4.78 is 0. The Labute approximate surface area is 65.9 Å². The van der Waals surface area contributed by atoms with Gasteiger partial charge in [-0.15, -0.1) is 0 Å². The SMILES string of the molecule is CC.Cc1ncnc(C#N)n1. The smallest absolute Gasteiger partial charge is 0.222 e. The first-order chi connectivity index (χ1) is 5.33. The first kappa shape index (κ1) is 9.50. The summed E-state index contributed by atoms with van der Waals surface area (Å²) in [7, 11) is 0. The van der Waals surface area contributed by atoms with Crippen molar-refractivity contribution in [3.63, 3.8) is 0 Å². The van der Waals surface area contributed by atoms with Gasteiger partial charge in [-0.05, 0) is 6.92 Å². The lowest BCUT2D eigenvalue weighted by Crippen LogP contribution is -1.92. The van der Waals surface area contributed by atoms with Crippen molar-refractivity contribution in [1.29, 1.82) is 5.26 Å². The summed E-state index contributed by atoms with van der Waals surface area (Å²) in [6, 6.07) is 1.81. The van der Waals surface area contributed by atoms with Gasteiger partial charge in [0, 0.05) is 0 Å². The van der Waals surface area contributed by atoms with Gasteiger partial charge in [0.05, 0.1) is 0 Å². The molecular weight excluding hydrogens is 140 g/mol. The Balaban J connectivity index is 0.000000461. The number of hydrogen-bond acceptors (Lipinski definition) is 4. The van der Waals surface area contributed by atoms with Gasteiger partial charge in [-0.1, -0.05) is 13.8 Å². The molecule has 4 nitrogen and oxygen atoms in total. The molecule has 0 atom stereocenters. The van der Waals surface area contributed by atoms with Crippen LogP contribution >= 0.6 is 0 Å². The van der Waals surface area contributed by atoms with Crippen molar-refractivity contribution in [2.24, 2.45) is 0 Å². The van der Waals surface area contributed by atoms with Crippen LogP contribution in [0.2, 0.25) is 0 Å². The van der Waals surface area contributed by atoms with Crippen molar-refractivity contribution < 1.29 is 0 Å². The van der Waals surface area contributed by atoms with Crippen molar-refractivity contribution >= 4 is 0 Å². The van der Waals surface area contributed by atoms with E-state index in [1.807, 2.05) is 13.8 Å². The van der Waals surface area contributed by atoms with E-state index in [2.05, 4.69) is 15.0 Å². The molecule has 0 spiro atoms. The van der Waals surface area contributed by atoms with Crippen LogP contribution in [0.1, 0.15) is 25.5 Å². The van der Waals surface area contributed by atoms with E-state index in [9.17, 15) is 0 Å². The zero-order valence-electron chi connectivity index (χ0n) is 6.87. The summed E-state index contributed by atoms with van der Waals surface area (Å²) in [4.78, 5) is 11.0. The van der Waals surface area contributed by atoms with Gasteiger partial charge in [0.2, 0.25) is 5.82 Å². The molecule has 0 radical (unpaired) electrons. The molecule has 11 heavy (non-hydrogen) atoms. The van der Waals surface area contributed by atoms with Crippen LogP contribution in [-0.2, 0) is 0 Å². The zero-order chi connectivity index (χ0) is 8.69. The minimum atomic E-state index is 0.169. The maximum Gasteiger partial charge on any atom is 0.235 e. The molecule has 1 heterocycles. The number of nitriles is 1. The van der Waals surface area contributed by atoms with Gasteiger partial charge in [0.1, 0.15) is 18.2 Å². The van der Waals surface area contributed by atoms with E-state index in [1.54, 1.807) is 13.0 Å². The fourth-order valence-electron chi connectivity index (χ4n) is 0.432. The molecule has 0 aromatic carbocycles. The summed E-state index contributed by atoms with van der Waals surface area (Å²) in [6.45, 7) is 5.71. The maximum absolute atomic E-state index is 8.26. The average molecular weight is 150 g/mol. The van der Waals surface area contributed by atoms with Crippen molar-refractivity contribution in [2.75, 3.05) is 0 Å². The van der Waals surface area contributed by atoms with Crippen molar-refractivity contribution in [3.05, 3.63) is 18.0 Å². The molecule has 0 aliphatic carbocycles. The molecule has 0 aliphatic rings. The minimum Gasteiger partial charge on any atom is -0.222 e. The van der Waals surface area contributed by atoms with Gasteiger partial charge in [-0.2, -0.15) is 5.26 Å². The second kappa shape index (κ2) is 5.30. The molecule has 0 saturated carbocycles. The topological polar surface area (TPSA) is 62.5 Å². The van der Waals surface area contributed by atoms with Crippen LogP contribution in [0.3, 0.4) is 0 Å². The predicted molar refractivity (Wildman–Crippen MR) is 40.6 cm³/mol. The van der Waals surface area contributed by atoms with Gasteiger partial charge in [-0.3, -0.25) is 0 Å². The molecule has 4 heteroatoms. The largest absolute Gasteiger partial charge is 0.235 e. The fourth-order valence-corrected chi connectivity index (χ4v) is 0.432. The molecule has 1 rings (SSSR count). The molecule has 0 unspecified atom stereocenters. The Morgan fingerprint density at radius 2 is 2.00 bits per heavy atom. The highest BCUT2D eigenvalue weighted by Gasteiger charge is 1.90. The highest BCUT2D eigenvalue weighted by atomic mass is 15.0. The molecule has 0 bridgehead atoms. The third-order valence-electron chi connectivity index (χ3n) is 0.792. The van der Waals surface area contributed by atoms with Gasteiger partial charge in [0.15, 0.2) is 0 Å². The van der Waals surface area contributed by atoms with Gasteiger partial charge >= 0.3 is 0 Å². The molecule has 58 valence electrons. The number of aromatic nitrogens is 3. The number of rotatable bonds is 0. The van der Waals surface area contributed by atoms with Crippen molar-refractivity contribution in [3.8, 4) is 6.07 Å². The van der Waals surface area contributed by atoms with Crippen LogP contribution < -0.4 is 0 Å². The van der Waals surface area contributed by atoms with Crippen molar-refractivity contribution in [2.45, 2.75) is 20.8 Å². The normalized spacial score (nSPS) is 7.45. The summed E-state index contributed by atoms with van der Waals surface area (Å²) in [5.74, 6) is 0.740. The maximum atomic E-state index is 8.26. The Bertz CT molecular complexity index is 251. The predicted octanol–water partition coefficient (Wildman–Crippen LogP) is 1.08. The monoisotopic (exact) mass is 150 g/mol. The first-order valence-electron chi connectivity index (χ1n) is 3.38. The van der Waals surface area contributed by atoms with E-state index in [-0.39, 0.29) is 5.82 Å². The molecule has 1 aromatic rings. The van der Waals surface area contributed by atoms with Gasteiger partial charge in [-0.25, -0.2) is 15.0 Å². The lowest BCUT2D eigenvalue weighted by molar-refractivity contribution is 0.950. The lowest BCUT2D eigenvalue weighted by Gasteiger charge is -1.86. The standard InChI is InChI=1S/C5H4N4.C2H6/c1-4-7-3-8-5(2-6)9-4;1-2/h3H,1H3;1-2H3. The number of hydrogen-bond donors (Lipinski definition) is 0. The van der Waals surface area contributed by atoms with E-state index in [0.29, 0.717) is 5.82 Å². The summed E-state index contributed by atoms with van der Waals surface area (Å²) in [5.41, 5.74) is 0. The third kappa shape index (κ3) is 3.26. The summed E-state index contributed by atoms with van der Waals surface area (Å²) in [5, 5.41) is 8.26.